The van der Waals surface area contributed by atoms with E-state index in [0.717, 1.165) is 25.2 Å². The van der Waals surface area contributed by atoms with E-state index in [1.807, 2.05) is 20.8 Å². The Labute approximate surface area is 200 Å². The maximum Gasteiger partial charge on any atom is 0.334 e. The summed E-state index contributed by atoms with van der Waals surface area (Å²) in [5.74, 6) is -3.12. The molecule has 2 atom stereocenters. The van der Waals surface area contributed by atoms with E-state index >= 15 is 0 Å². The highest BCUT2D eigenvalue weighted by Crippen LogP contribution is 2.45. The maximum absolute atomic E-state index is 12.9. The smallest absolute Gasteiger partial charge is 0.334 e. The van der Waals surface area contributed by atoms with E-state index in [1.54, 1.807) is 0 Å². The summed E-state index contributed by atoms with van der Waals surface area (Å²) in [5, 5.41) is 19.7. The van der Waals surface area contributed by atoms with E-state index in [0.29, 0.717) is 25.9 Å². The van der Waals surface area contributed by atoms with Gasteiger partial charge in [0.15, 0.2) is 0 Å². The monoisotopic (exact) mass is 466 g/mol. The largest absolute Gasteiger partial charge is 0.481 e. The Morgan fingerprint density at radius 3 is 2.06 bits per heavy atom. The van der Waals surface area contributed by atoms with Crippen LogP contribution in [0.3, 0.4) is 0 Å². The number of hydrogen-bond donors (Lipinski definition) is 2. The first-order chi connectivity index (χ1) is 15.4. The zero-order valence-corrected chi connectivity index (χ0v) is 21.5. The lowest BCUT2D eigenvalue weighted by Gasteiger charge is -2.38. The molecule has 0 heterocycles. The van der Waals surface area contributed by atoms with Gasteiger partial charge in [-0.3, -0.25) is 9.59 Å². The number of carbonyl (C=O) groups excluding carboxylic acids is 1. The molecule has 2 unspecified atom stereocenters. The molecule has 0 saturated heterocycles. The van der Waals surface area contributed by atoms with Crippen LogP contribution >= 0.6 is 0 Å². The second-order valence-corrected chi connectivity index (χ2v) is 11.1. The molecule has 1 rings (SSSR count). The molecule has 0 spiro atoms. The Morgan fingerprint density at radius 1 is 0.970 bits per heavy atom. The molecule has 0 amide bonds. The highest BCUT2D eigenvalue weighted by molar-refractivity contribution is 5.93. The van der Waals surface area contributed by atoms with E-state index < -0.39 is 34.7 Å². The summed E-state index contributed by atoms with van der Waals surface area (Å²) in [7, 11) is 0. The molecular formula is C27H46O6. The third kappa shape index (κ3) is 9.50. The van der Waals surface area contributed by atoms with Crippen molar-refractivity contribution in [2.45, 2.75) is 112 Å². The summed E-state index contributed by atoms with van der Waals surface area (Å²) in [6, 6.07) is 0. The first kappa shape index (κ1) is 29.2. The van der Waals surface area contributed by atoms with Crippen molar-refractivity contribution in [3.05, 3.63) is 11.6 Å². The van der Waals surface area contributed by atoms with Crippen LogP contribution in [-0.2, 0) is 19.1 Å². The zero-order chi connectivity index (χ0) is 25.1. The number of rotatable bonds is 14. The minimum absolute atomic E-state index is 0.212. The van der Waals surface area contributed by atoms with E-state index in [1.165, 1.54) is 38.2 Å². The maximum atomic E-state index is 12.9. The van der Waals surface area contributed by atoms with Gasteiger partial charge < -0.3 is 14.9 Å². The summed E-state index contributed by atoms with van der Waals surface area (Å²) in [6.45, 7) is 10.3. The Bertz CT molecular complexity index is 673. The molecule has 1 aliphatic carbocycles. The third-order valence-corrected chi connectivity index (χ3v) is 6.74. The van der Waals surface area contributed by atoms with Gasteiger partial charge >= 0.3 is 17.9 Å². The molecule has 6 heteroatoms. The van der Waals surface area contributed by atoms with Gasteiger partial charge in [-0.05, 0) is 30.6 Å². The highest BCUT2D eigenvalue weighted by Gasteiger charge is 2.50. The average Bonchev–Trinajstić information content (AvgIpc) is 2.72. The number of carboxylic acid groups (broad SMARTS) is 2. The predicted octanol–water partition coefficient (Wildman–Crippen LogP) is 6.62. The van der Waals surface area contributed by atoms with Gasteiger partial charge in [-0.2, -0.15) is 0 Å². The van der Waals surface area contributed by atoms with E-state index in [-0.39, 0.29) is 12.0 Å². The van der Waals surface area contributed by atoms with Crippen molar-refractivity contribution in [3.8, 4) is 0 Å². The quantitative estimate of drug-likeness (QED) is 0.169. The fourth-order valence-electron chi connectivity index (χ4n) is 4.65. The molecule has 1 saturated carbocycles. The molecule has 1 aliphatic rings. The van der Waals surface area contributed by atoms with Crippen molar-refractivity contribution in [3.63, 3.8) is 0 Å². The van der Waals surface area contributed by atoms with Crippen molar-refractivity contribution in [1.29, 1.82) is 0 Å². The van der Waals surface area contributed by atoms with Crippen LogP contribution in [0.5, 0.6) is 0 Å². The van der Waals surface area contributed by atoms with E-state index in [9.17, 15) is 24.6 Å². The fraction of sp³-hybridized carbons (Fsp3) is 0.815. The van der Waals surface area contributed by atoms with E-state index in [2.05, 4.69) is 13.8 Å². The second kappa shape index (κ2) is 13.8. The van der Waals surface area contributed by atoms with E-state index in [4.69, 9.17) is 4.74 Å². The number of hydrogen-bond acceptors (Lipinski definition) is 4. The Kier molecular flexibility index (Phi) is 12.2. The molecule has 190 valence electrons. The van der Waals surface area contributed by atoms with Crippen LogP contribution in [0.2, 0.25) is 0 Å². The van der Waals surface area contributed by atoms with Crippen LogP contribution in [0.1, 0.15) is 112 Å². The first-order valence-electron chi connectivity index (χ1n) is 12.8. The van der Waals surface area contributed by atoms with Crippen LogP contribution < -0.4 is 0 Å². The molecule has 1 fully saturated rings. The topological polar surface area (TPSA) is 101 Å². The lowest BCUT2D eigenvalue weighted by molar-refractivity contribution is -0.161. The first-order valence-corrected chi connectivity index (χ1v) is 12.8. The van der Waals surface area contributed by atoms with Gasteiger partial charge in [0.1, 0.15) is 0 Å². The number of aliphatic carboxylic acids is 2. The van der Waals surface area contributed by atoms with Crippen molar-refractivity contribution < 1.29 is 29.3 Å². The number of carboxylic acids is 2. The number of carbonyl (C=O) groups is 3. The summed E-state index contributed by atoms with van der Waals surface area (Å²) in [5.41, 5.74) is -1.99. The molecule has 33 heavy (non-hydrogen) atoms. The highest BCUT2D eigenvalue weighted by atomic mass is 16.5. The SMILES string of the molecule is CC(C)CCCCCCCCCOC(=O)C(=CC1(C(=O)O)CCCCC1C(=O)O)C(C)(C)C. The Morgan fingerprint density at radius 2 is 1.55 bits per heavy atom. The molecule has 0 radical (unpaired) electrons. The van der Waals surface area contributed by atoms with Crippen LogP contribution in [0.4, 0.5) is 0 Å². The predicted molar refractivity (Wildman–Crippen MR) is 130 cm³/mol. The van der Waals surface area contributed by atoms with Crippen LogP contribution in [-0.4, -0.2) is 34.7 Å². The van der Waals surface area contributed by atoms with Crippen LogP contribution in [0.15, 0.2) is 11.6 Å². The standard InChI is InChI=1S/C27H46O6/c1-20(2)15-11-9-7-6-8-10-14-18-33-24(30)22(26(3,4)5)19-27(25(31)32)17-13-12-16-21(27)23(28)29/h19-21H,6-18H2,1-5H3,(H,28,29)(H,31,32). The Balaban J connectivity index is 2.69. The van der Waals surface area contributed by atoms with Gasteiger partial charge in [0, 0.05) is 5.57 Å². The van der Waals surface area contributed by atoms with Crippen molar-refractivity contribution in [2.75, 3.05) is 6.61 Å². The molecule has 2 N–H and O–H groups in total. The molecular weight excluding hydrogens is 420 g/mol. The number of ether oxygens (including phenoxy) is 1. The lowest BCUT2D eigenvalue weighted by atomic mass is 9.64. The summed E-state index contributed by atoms with van der Waals surface area (Å²) in [4.78, 5) is 37.1. The van der Waals surface area contributed by atoms with Crippen LogP contribution in [0, 0.1) is 22.7 Å². The molecule has 6 nitrogen and oxygen atoms in total. The van der Waals surface area contributed by atoms with Gasteiger partial charge in [0.25, 0.3) is 0 Å². The van der Waals surface area contributed by atoms with Crippen molar-refractivity contribution in [1.82, 2.24) is 0 Å². The summed E-state index contributed by atoms with van der Waals surface area (Å²) in [6.07, 6.45) is 12.4. The van der Waals surface area contributed by atoms with Crippen molar-refractivity contribution >= 4 is 17.9 Å². The van der Waals surface area contributed by atoms with Gasteiger partial charge in [0.2, 0.25) is 0 Å². The second-order valence-electron chi connectivity index (χ2n) is 11.1. The minimum Gasteiger partial charge on any atom is -0.481 e. The molecule has 0 aromatic heterocycles. The Hall–Kier alpha value is -1.85. The van der Waals surface area contributed by atoms with Crippen LogP contribution in [0.25, 0.3) is 0 Å². The molecule has 0 aromatic rings. The summed E-state index contributed by atoms with van der Waals surface area (Å²) >= 11 is 0. The third-order valence-electron chi connectivity index (χ3n) is 6.74. The number of esters is 1. The van der Waals surface area contributed by atoms with Gasteiger partial charge in [-0.15, -0.1) is 0 Å². The molecule has 0 bridgehead atoms. The molecule has 0 aromatic carbocycles. The molecule has 0 aliphatic heterocycles. The number of unbranched alkanes of at least 4 members (excludes halogenated alkanes) is 6. The van der Waals surface area contributed by atoms with Gasteiger partial charge in [-0.1, -0.05) is 98.5 Å². The normalized spacial score (nSPS) is 21.8. The lowest BCUT2D eigenvalue weighted by Crippen LogP contribution is -2.44. The van der Waals surface area contributed by atoms with Gasteiger partial charge in [0.05, 0.1) is 17.9 Å². The van der Waals surface area contributed by atoms with Gasteiger partial charge in [-0.25, -0.2) is 4.79 Å². The minimum atomic E-state index is -1.58. The fourth-order valence-corrected chi connectivity index (χ4v) is 4.65. The van der Waals surface area contributed by atoms with Crippen molar-refractivity contribution in [2.24, 2.45) is 22.7 Å². The summed E-state index contributed by atoms with van der Waals surface area (Å²) < 4.78 is 5.52. The average molecular weight is 467 g/mol. The zero-order valence-electron chi connectivity index (χ0n) is 21.5.